The molecule has 3 aromatic carbocycles. The first-order valence-electron chi connectivity index (χ1n) is 9.87. The number of para-hydroxylation sites is 1. The quantitative estimate of drug-likeness (QED) is 0.582. The number of nitrogens with one attached hydrogen (secondary N) is 1. The summed E-state index contributed by atoms with van der Waals surface area (Å²) >= 11 is 1.64. The number of thioether (sulfide) groups is 1. The summed E-state index contributed by atoms with van der Waals surface area (Å²) in [5, 5.41) is 3.29. The van der Waals surface area contributed by atoms with Crippen molar-refractivity contribution < 1.29 is 19.0 Å². The number of carbonyl (C=O) groups excluding carboxylic acids is 1. The van der Waals surface area contributed by atoms with Gasteiger partial charge >= 0.3 is 0 Å². The molecule has 5 nitrogen and oxygen atoms in total. The van der Waals surface area contributed by atoms with E-state index >= 15 is 0 Å². The smallest absolute Gasteiger partial charge is 0.203 e. The van der Waals surface area contributed by atoms with Crippen molar-refractivity contribution in [2.75, 3.05) is 26.6 Å². The average Bonchev–Trinajstić information content (AvgIpc) is 2.97. The van der Waals surface area contributed by atoms with Gasteiger partial charge in [-0.15, -0.1) is 11.8 Å². The molecule has 31 heavy (non-hydrogen) atoms. The Morgan fingerprint density at radius 3 is 2.16 bits per heavy atom. The molecule has 0 fully saturated rings. The molecule has 1 aliphatic carbocycles. The lowest BCUT2D eigenvalue weighted by atomic mass is 10.00. The summed E-state index contributed by atoms with van der Waals surface area (Å²) < 4.78 is 16.7. The Morgan fingerprint density at radius 2 is 1.48 bits per heavy atom. The standard InChI is InChI=1S/C25H21NO4S/c1-28-18-12-14(13-19(29-2)24(18)30-3)25-21-22(15-8-4-5-9-16(15)23(21)27)26-17-10-6-7-11-20(17)31-25/h4-13,25-26H,1-3H3/t25-/m0/s1. The molecule has 3 aromatic rings. The lowest BCUT2D eigenvalue weighted by Crippen LogP contribution is -2.08. The molecular formula is C25H21NO4S. The zero-order valence-corrected chi connectivity index (χ0v) is 18.2. The third-order valence-electron chi connectivity index (χ3n) is 5.60. The minimum absolute atomic E-state index is 0.0390. The van der Waals surface area contributed by atoms with E-state index in [1.807, 2.05) is 54.6 Å². The molecule has 1 aliphatic heterocycles. The van der Waals surface area contributed by atoms with Crippen molar-refractivity contribution >= 4 is 28.9 Å². The summed E-state index contributed by atoms with van der Waals surface area (Å²) in [6, 6.07) is 19.7. The van der Waals surface area contributed by atoms with Crippen LogP contribution >= 0.6 is 11.8 Å². The highest BCUT2D eigenvalue weighted by molar-refractivity contribution is 8.00. The van der Waals surface area contributed by atoms with E-state index in [-0.39, 0.29) is 11.0 Å². The molecular weight excluding hydrogens is 410 g/mol. The molecule has 0 bridgehead atoms. The third kappa shape index (κ3) is 3.06. The van der Waals surface area contributed by atoms with Crippen molar-refractivity contribution in [2.24, 2.45) is 0 Å². The fourth-order valence-electron chi connectivity index (χ4n) is 4.17. The largest absolute Gasteiger partial charge is 0.493 e. The minimum atomic E-state index is -0.250. The molecule has 0 saturated heterocycles. The van der Waals surface area contributed by atoms with E-state index in [2.05, 4.69) is 11.4 Å². The van der Waals surface area contributed by atoms with E-state index in [9.17, 15) is 4.79 Å². The maximum atomic E-state index is 13.6. The highest BCUT2D eigenvalue weighted by Gasteiger charge is 2.38. The number of benzene rings is 3. The summed E-state index contributed by atoms with van der Waals surface area (Å²) in [4.78, 5) is 14.6. The number of ketones is 1. The molecule has 5 rings (SSSR count). The van der Waals surface area contributed by atoms with Gasteiger partial charge in [-0.2, -0.15) is 0 Å². The molecule has 6 heteroatoms. The van der Waals surface area contributed by atoms with Gasteiger partial charge in [-0.1, -0.05) is 36.4 Å². The Morgan fingerprint density at radius 1 is 0.839 bits per heavy atom. The summed E-state index contributed by atoms with van der Waals surface area (Å²) in [6.45, 7) is 0. The predicted molar refractivity (Wildman–Crippen MR) is 122 cm³/mol. The van der Waals surface area contributed by atoms with Gasteiger partial charge in [0.1, 0.15) is 0 Å². The van der Waals surface area contributed by atoms with Crippen LogP contribution in [-0.2, 0) is 0 Å². The average molecular weight is 432 g/mol. The second-order valence-corrected chi connectivity index (χ2v) is 8.39. The molecule has 0 saturated carbocycles. The van der Waals surface area contributed by atoms with Crippen molar-refractivity contribution in [1.29, 1.82) is 0 Å². The van der Waals surface area contributed by atoms with E-state index in [1.54, 1.807) is 33.1 Å². The number of methoxy groups -OCH3 is 3. The number of carbonyl (C=O) groups is 1. The Kier molecular flexibility index (Phi) is 4.87. The van der Waals surface area contributed by atoms with Crippen LogP contribution in [0.15, 0.2) is 71.1 Å². The topological polar surface area (TPSA) is 56.8 Å². The molecule has 1 atom stereocenters. The number of hydrogen-bond donors (Lipinski definition) is 1. The predicted octanol–water partition coefficient (Wildman–Crippen LogP) is 5.58. The molecule has 1 N–H and O–H groups in total. The first-order chi connectivity index (χ1) is 15.2. The van der Waals surface area contributed by atoms with Gasteiger partial charge in [0.2, 0.25) is 5.75 Å². The van der Waals surface area contributed by atoms with Gasteiger partial charge in [0.25, 0.3) is 0 Å². The molecule has 0 amide bonds. The van der Waals surface area contributed by atoms with E-state index in [1.165, 1.54) is 0 Å². The number of hydrogen-bond acceptors (Lipinski definition) is 6. The first kappa shape index (κ1) is 19.6. The van der Waals surface area contributed by atoms with Crippen LogP contribution < -0.4 is 19.5 Å². The van der Waals surface area contributed by atoms with Crippen LogP contribution in [0.4, 0.5) is 5.69 Å². The van der Waals surface area contributed by atoms with Gasteiger partial charge in [0, 0.05) is 21.6 Å². The second-order valence-electron chi connectivity index (χ2n) is 7.24. The van der Waals surface area contributed by atoms with Gasteiger partial charge in [0.05, 0.1) is 38.0 Å². The zero-order chi connectivity index (χ0) is 21.5. The van der Waals surface area contributed by atoms with Crippen molar-refractivity contribution in [3.05, 3.63) is 82.9 Å². The van der Waals surface area contributed by atoms with Crippen LogP contribution in [0.3, 0.4) is 0 Å². The molecule has 0 unspecified atom stereocenters. The number of ether oxygens (including phenoxy) is 3. The minimum Gasteiger partial charge on any atom is -0.493 e. The summed E-state index contributed by atoms with van der Waals surface area (Å²) in [5.41, 5.74) is 5.13. The van der Waals surface area contributed by atoms with Crippen LogP contribution in [0.5, 0.6) is 17.2 Å². The number of Topliss-reactive ketones (excluding diaryl/α,β-unsaturated/α-hetero) is 1. The fraction of sp³-hybridized carbons (Fsp3) is 0.160. The van der Waals surface area contributed by atoms with Gasteiger partial charge in [0.15, 0.2) is 17.3 Å². The van der Waals surface area contributed by atoms with Gasteiger partial charge < -0.3 is 19.5 Å². The normalized spacial score (nSPS) is 16.6. The second kappa shape index (κ2) is 7.71. The molecule has 0 radical (unpaired) electrons. The van der Waals surface area contributed by atoms with Crippen LogP contribution in [0.2, 0.25) is 0 Å². The zero-order valence-electron chi connectivity index (χ0n) is 17.4. The van der Waals surface area contributed by atoms with Crippen LogP contribution in [0.1, 0.15) is 26.7 Å². The Labute approximate surface area is 185 Å². The molecule has 1 heterocycles. The Hall–Kier alpha value is -3.38. The number of rotatable bonds is 4. The van der Waals surface area contributed by atoms with Crippen molar-refractivity contribution in [2.45, 2.75) is 10.1 Å². The van der Waals surface area contributed by atoms with Gasteiger partial charge in [-0.3, -0.25) is 4.79 Å². The molecule has 2 aliphatic rings. The SMILES string of the molecule is COc1cc([C@@H]2Sc3ccccc3NC3=C2C(=O)c2ccccc23)cc(OC)c1OC. The number of fused-ring (bicyclic) bond motifs is 3. The Bertz CT molecular complexity index is 1210. The monoisotopic (exact) mass is 431 g/mol. The van der Waals surface area contributed by atoms with E-state index in [0.717, 1.165) is 38.5 Å². The highest BCUT2D eigenvalue weighted by atomic mass is 32.2. The number of anilines is 1. The van der Waals surface area contributed by atoms with Gasteiger partial charge in [-0.25, -0.2) is 0 Å². The van der Waals surface area contributed by atoms with Crippen LogP contribution in [-0.4, -0.2) is 27.1 Å². The molecule has 0 spiro atoms. The molecule has 0 aromatic heterocycles. The third-order valence-corrected chi connectivity index (χ3v) is 6.95. The highest BCUT2D eigenvalue weighted by Crippen LogP contribution is 2.54. The lowest BCUT2D eigenvalue weighted by molar-refractivity contribution is 0.103. The summed E-state index contributed by atoms with van der Waals surface area (Å²) in [7, 11) is 4.78. The lowest BCUT2D eigenvalue weighted by Gasteiger charge is -2.20. The maximum Gasteiger partial charge on any atom is 0.203 e. The van der Waals surface area contributed by atoms with Crippen LogP contribution in [0.25, 0.3) is 5.70 Å². The van der Waals surface area contributed by atoms with Gasteiger partial charge in [-0.05, 0) is 29.8 Å². The maximum absolute atomic E-state index is 13.6. The van der Waals surface area contributed by atoms with Crippen LogP contribution in [0, 0.1) is 0 Å². The van der Waals surface area contributed by atoms with E-state index in [4.69, 9.17) is 14.2 Å². The summed E-state index contributed by atoms with van der Waals surface area (Å²) in [6.07, 6.45) is 0. The van der Waals surface area contributed by atoms with E-state index in [0.29, 0.717) is 17.2 Å². The fourth-order valence-corrected chi connectivity index (χ4v) is 5.44. The van der Waals surface area contributed by atoms with E-state index < -0.39 is 0 Å². The molecule has 156 valence electrons. The van der Waals surface area contributed by atoms with Crippen molar-refractivity contribution in [1.82, 2.24) is 0 Å². The first-order valence-corrected chi connectivity index (χ1v) is 10.7. The summed E-state index contributed by atoms with van der Waals surface area (Å²) in [5.74, 6) is 1.69. The van der Waals surface area contributed by atoms with Crippen molar-refractivity contribution in [3.63, 3.8) is 0 Å². The Balaban J connectivity index is 1.75. The van der Waals surface area contributed by atoms with Crippen molar-refractivity contribution in [3.8, 4) is 17.2 Å².